The van der Waals surface area contributed by atoms with Gasteiger partial charge in [0.1, 0.15) is 11.5 Å². The molecule has 1 amide bonds. The Morgan fingerprint density at radius 1 is 0.881 bits per heavy atom. The number of aromatic nitrogens is 7. The van der Waals surface area contributed by atoms with Crippen LogP contribution in [0.1, 0.15) is 34.6 Å². The molecule has 42 heavy (non-hydrogen) atoms. The van der Waals surface area contributed by atoms with E-state index in [9.17, 15) is 4.79 Å². The van der Waals surface area contributed by atoms with Crippen molar-refractivity contribution < 1.29 is 4.79 Å². The van der Waals surface area contributed by atoms with E-state index in [1.165, 1.54) is 5.56 Å². The number of fused-ring (bicyclic) bond motifs is 2. The highest BCUT2D eigenvalue weighted by atomic mass is 16.2. The first-order valence-electron chi connectivity index (χ1n) is 13.9. The van der Waals surface area contributed by atoms with Gasteiger partial charge in [-0.25, -0.2) is 9.97 Å². The number of hydrogen-bond acceptors (Lipinski definition) is 8. The van der Waals surface area contributed by atoms with Crippen molar-refractivity contribution in [2.75, 3.05) is 32.1 Å². The summed E-state index contributed by atoms with van der Waals surface area (Å²) in [7, 11) is 3.79. The Labute approximate surface area is 242 Å². The van der Waals surface area contributed by atoms with Gasteiger partial charge in [0.25, 0.3) is 11.7 Å². The smallest absolute Gasteiger partial charge is 0.271 e. The summed E-state index contributed by atoms with van der Waals surface area (Å²) in [6.07, 6.45) is 7.20. The van der Waals surface area contributed by atoms with Crippen molar-refractivity contribution in [1.82, 2.24) is 39.7 Å². The van der Waals surface area contributed by atoms with Gasteiger partial charge in [0.2, 0.25) is 0 Å². The van der Waals surface area contributed by atoms with E-state index in [0.717, 1.165) is 41.0 Å². The van der Waals surface area contributed by atoms with Crippen LogP contribution in [0.5, 0.6) is 0 Å². The molecule has 0 aliphatic heterocycles. The lowest BCUT2D eigenvalue weighted by Crippen LogP contribution is -2.35. The summed E-state index contributed by atoms with van der Waals surface area (Å²) in [6, 6.07) is 23.7. The molecule has 4 aromatic heterocycles. The molecule has 7 rings (SSSR count). The van der Waals surface area contributed by atoms with Crippen molar-refractivity contribution in [2.24, 2.45) is 0 Å². The van der Waals surface area contributed by atoms with Crippen molar-refractivity contribution in [3.63, 3.8) is 0 Å². The molecule has 208 valence electrons. The maximum Gasteiger partial charge on any atom is 0.271 e. The molecule has 0 bridgehead atoms. The minimum atomic E-state index is -0.248. The van der Waals surface area contributed by atoms with Crippen LogP contribution >= 0.6 is 0 Å². The Morgan fingerprint density at radius 2 is 1.71 bits per heavy atom. The summed E-state index contributed by atoms with van der Waals surface area (Å²) in [5, 5.41) is 14.9. The number of carbonyl (C=O) groups is 1. The molecular formula is C32H29N9O. The van der Waals surface area contributed by atoms with E-state index >= 15 is 0 Å². The van der Waals surface area contributed by atoms with Crippen molar-refractivity contribution in [3.8, 4) is 11.3 Å². The van der Waals surface area contributed by atoms with Crippen molar-refractivity contribution >= 4 is 28.4 Å². The van der Waals surface area contributed by atoms with Crippen LogP contribution in [0.3, 0.4) is 0 Å². The second-order valence-electron chi connectivity index (χ2n) is 10.8. The molecule has 0 spiro atoms. The third-order valence-corrected chi connectivity index (χ3v) is 8.05. The molecule has 0 saturated heterocycles. The Hall–Kier alpha value is -5.25. The lowest BCUT2D eigenvalue weighted by atomic mass is 9.94. The van der Waals surface area contributed by atoms with Crippen molar-refractivity contribution in [1.29, 1.82) is 0 Å². The number of pyridine rings is 2. The van der Waals surface area contributed by atoms with Gasteiger partial charge in [0, 0.05) is 56.1 Å². The molecule has 1 saturated carbocycles. The molecule has 0 radical (unpaired) electrons. The molecule has 4 heterocycles. The van der Waals surface area contributed by atoms with Gasteiger partial charge in [-0.1, -0.05) is 30.3 Å². The van der Waals surface area contributed by atoms with Crippen LogP contribution in [0.25, 0.3) is 27.9 Å². The van der Waals surface area contributed by atoms with Crippen LogP contribution in [0.4, 0.5) is 5.82 Å². The molecule has 1 aliphatic carbocycles. The van der Waals surface area contributed by atoms with Gasteiger partial charge in [-0.3, -0.25) is 9.78 Å². The van der Waals surface area contributed by atoms with E-state index in [1.54, 1.807) is 21.8 Å². The van der Waals surface area contributed by atoms with Crippen LogP contribution in [0.15, 0.2) is 91.4 Å². The fraction of sp³-hybridized carbons (Fsp3) is 0.219. The van der Waals surface area contributed by atoms with Crippen LogP contribution in [0, 0.1) is 0 Å². The summed E-state index contributed by atoms with van der Waals surface area (Å²) >= 11 is 0. The van der Waals surface area contributed by atoms with E-state index in [4.69, 9.17) is 5.10 Å². The van der Waals surface area contributed by atoms with Gasteiger partial charge in [0.05, 0.1) is 17.1 Å². The van der Waals surface area contributed by atoms with Crippen LogP contribution in [-0.4, -0.2) is 72.8 Å². The number of hydrogen-bond donors (Lipinski definition) is 0. The van der Waals surface area contributed by atoms with Gasteiger partial charge < -0.3 is 9.80 Å². The highest BCUT2D eigenvalue weighted by Crippen LogP contribution is 2.53. The molecule has 1 aliphatic rings. The van der Waals surface area contributed by atoms with E-state index in [1.807, 2.05) is 73.7 Å². The maximum absolute atomic E-state index is 13.1. The molecule has 6 aromatic rings. The van der Waals surface area contributed by atoms with E-state index < -0.39 is 0 Å². The molecular weight excluding hydrogens is 526 g/mol. The summed E-state index contributed by atoms with van der Waals surface area (Å²) in [4.78, 5) is 30.2. The van der Waals surface area contributed by atoms with Crippen LogP contribution in [0.2, 0.25) is 0 Å². The third kappa shape index (κ3) is 4.60. The minimum absolute atomic E-state index is 0.0418. The number of benzene rings is 2. The Bertz CT molecular complexity index is 1900. The third-order valence-electron chi connectivity index (χ3n) is 8.05. The van der Waals surface area contributed by atoms with E-state index in [0.29, 0.717) is 30.1 Å². The molecule has 10 nitrogen and oxygen atoms in total. The SMILES string of the molecule is CN(CCN(C)c1ccccn1)C(=O)c1ccc(-c2cnc3nnc(C4(c5ccc6ncccc6c5)CC4)n3n2)cc1. The number of anilines is 1. The second-order valence-corrected chi connectivity index (χ2v) is 10.8. The van der Waals surface area contributed by atoms with E-state index in [-0.39, 0.29) is 11.3 Å². The van der Waals surface area contributed by atoms with Crippen LogP contribution in [-0.2, 0) is 5.41 Å². The predicted octanol–water partition coefficient (Wildman–Crippen LogP) is 4.42. The fourth-order valence-electron chi connectivity index (χ4n) is 5.37. The quantitative estimate of drug-likeness (QED) is 0.272. The van der Waals surface area contributed by atoms with Gasteiger partial charge in [-0.05, 0) is 60.9 Å². The Morgan fingerprint density at radius 3 is 2.50 bits per heavy atom. The summed E-state index contributed by atoms with van der Waals surface area (Å²) in [5.41, 5.74) is 4.06. The van der Waals surface area contributed by atoms with E-state index in [2.05, 4.69) is 49.4 Å². The Balaban J connectivity index is 1.10. The van der Waals surface area contributed by atoms with Gasteiger partial charge in [-0.15, -0.1) is 10.2 Å². The summed E-state index contributed by atoms with van der Waals surface area (Å²) < 4.78 is 1.76. The Kier molecular flexibility index (Phi) is 6.30. The molecule has 2 aromatic carbocycles. The topological polar surface area (TPSA) is 105 Å². The lowest BCUT2D eigenvalue weighted by molar-refractivity contribution is 0.0799. The number of nitrogens with zero attached hydrogens (tertiary/aromatic N) is 9. The second kappa shape index (κ2) is 10.3. The monoisotopic (exact) mass is 555 g/mol. The highest BCUT2D eigenvalue weighted by molar-refractivity contribution is 5.94. The molecule has 0 atom stereocenters. The first kappa shape index (κ1) is 25.7. The summed E-state index contributed by atoms with van der Waals surface area (Å²) in [6.45, 7) is 1.24. The fourth-order valence-corrected chi connectivity index (χ4v) is 5.37. The first-order valence-corrected chi connectivity index (χ1v) is 13.9. The lowest BCUT2D eigenvalue weighted by Gasteiger charge is -2.23. The van der Waals surface area contributed by atoms with Gasteiger partial charge >= 0.3 is 0 Å². The molecule has 0 unspecified atom stereocenters. The number of amides is 1. The average molecular weight is 556 g/mol. The largest absolute Gasteiger partial charge is 0.358 e. The van der Waals surface area contributed by atoms with Gasteiger partial charge in [-0.2, -0.15) is 9.61 Å². The van der Waals surface area contributed by atoms with Crippen molar-refractivity contribution in [3.05, 3.63) is 108 Å². The number of carbonyl (C=O) groups excluding carboxylic acids is 1. The molecule has 10 heteroatoms. The average Bonchev–Trinajstić information content (AvgIpc) is 3.75. The van der Waals surface area contributed by atoms with Crippen molar-refractivity contribution in [2.45, 2.75) is 18.3 Å². The zero-order chi connectivity index (χ0) is 28.7. The highest BCUT2D eigenvalue weighted by Gasteiger charge is 2.50. The first-order chi connectivity index (χ1) is 20.5. The number of rotatable bonds is 8. The standard InChI is InChI=1S/C32H29N9O/c1-39(28-7-3-4-16-34-28)18-19-40(2)29(42)23-10-8-22(9-11-23)27-21-35-31-37-36-30(41(31)38-27)32(14-15-32)25-12-13-26-24(20-25)6-5-17-33-26/h3-13,16-17,20-21H,14-15,18-19H2,1-2H3. The summed E-state index contributed by atoms with van der Waals surface area (Å²) in [5.74, 6) is 2.09. The minimum Gasteiger partial charge on any atom is -0.358 e. The van der Waals surface area contributed by atoms with Crippen LogP contribution < -0.4 is 4.90 Å². The zero-order valence-corrected chi connectivity index (χ0v) is 23.4. The number of likely N-dealkylation sites (N-methyl/N-ethyl adjacent to an activating group) is 2. The zero-order valence-electron chi connectivity index (χ0n) is 23.4. The normalized spacial score (nSPS) is 13.8. The maximum atomic E-state index is 13.1. The van der Waals surface area contributed by atoms with Gasteiger partial charge in [0.15, 0.2) is 5.82 Å². The predicted molar refractivity (Wildman–Crippen MR) is 160 cm³/mol. The molecule has 1 fully saturated rings. The molecule has 0 N–H and O–H groups in total.